The molecular formula is C13H15N3O2. The lowest BCUT2D eigenvalue weighted by Crippen LogP contribution is -2.16. The monoisotopic (exact) mass is 245 g/mol. The van der Waals surface area contributed by atoms with Crippen molar-refractivity contribution in [2.24, 2.45) is 5.73 Å². The van der Waals surface area contributed by atoms with Crippen LogP contribution in [0.3, 0.4) is 0 Å². The third kappa shape index (κ3) is 2.41. The van der Waals surface area contributed by atoms with Crippen LogP contribution in [0.15, 0.2) is 36.7 Å². The molecule has 2 aromatic rings. The number of rotatable bonds is 4. The van der Waals surface area contributed by atoms with Gasteiger partial charge < -0.3 is 15.2 Å². The van der Waals surface area contributed by atoms with Gasteiger partial charge in [-0.1, -0.05) is 0 Å². The average Bonchev–Trinajstić information content (AvgIpc) is 2.46. The summed E-state index contributed by atoms with van der Waals surface area (Å²) in [6, 6.07) is 6.81. The minimum absolute atomic E-state index is 0.424. The topological polar surface area (TPSA) is 70.3 Å². The predicted molar refractivity (Wildman–Crippen MR) is 67.6 cm³/mol. The number of hydrogen-bond acceptors (Lipinski definition) is 5. The number of nitrogens with zero attached hydrogens (tertiary/aromatic N) is 2. The number of nitrogens with two attached hydrogens (primary N) is 1. The Labute approximate surface area is 106 Å². The largest absolute Gasteiger partial charge is 0.497 e. The molecule has 5 nitrogen and oxygen atoms in total. The van der Waals surface area contributed by atoms with E-state index >= 15 is 0 Å². The van der Waals surface area contributed by atoms with Gasteiger partial charge in [-0.3, -0.25) is 0 Å². The van der Waals surface area contributed by atoms with Gasteiger partial charge in [-0.25, -0.2) is 9.97 Å². The molecule has 0 amide bonds. The zero-order chi connectivity index (χ0) is 13.0. The van der Waals surface area contributed by atoms with Gasteiger partial charge in [0.25, 0.3) is 0 Å². The highest BCUT2D eigenvalue weighted by Crippen LogP contribution is 2.30. The summed E-state index contributed by atoms with van der Waals surface area (Å²) >= 11 is 0. The summed E-state index contributed by atoms with van der Waals surface area (Å²) in [6.07, 6.45) is 3.33. The molecule has 5 heteroatoms. The van der Waals surface area contributed by atoms with Gasteiger partial charge in [-0.2, -0.15) is 0 Å². The third-order valence-electron chi connectivity index (χ3n) is 2.64. The molecular weight excluding hydrogens is 230 g/mol. The summed E-state index contributed by atoms with van der Waals surface area (Å²) in [5, 5.41) is 0. The van der Waals surface area contributed by atoms with Crippen LogP contribution in [0.25, 0.3) is 0 Å². The molecule has 18 heavy (non-hydrogen) atoms. The van der Waals surface area contributed by atoms with Crippen LogP contribution < -0.4 is 15.2 Å². The molecule has 0 aliphatic carbocycles. The summed E-state index contributed by atoms with van der Waals surface area (Å²) in [7, 11) is 3.20. The quantitative estimate of drug-likeness (QED) is 0.884. The van der Waals surface area contributed by atoms with Crippen LogP contribution in [0, 0.1) is 0 Å². The van der Waals surface area contributed by atoms with Gasteiger partial charge in [0.2, 0.25) is 0 Å². The van der Waals surface area contributed by atoms with E-state index in [1.165, 1.54) is 0 Å². The molecule has 0 saturated heterocycles. The van der Waals surface area contributed by atoms with Gasteiger partial charge in [0.15, 0.2) is 0 Å². The predicted octanol–water partition coefficient (Wildman–Crippen LogP) is 1.54. The fourth-order valence-electron chi connectivity index (χ4n) is 1.69. The van der Waals surface area contributed by atoms with Crippen molar-refractivity contribution in [2.75, 3.05) is 14.2 Å². The standard InChI is InChI=1S/C13H15N3O2/c1-17-9-4-5-10(11(8-9)18-2)12(14)13-15-6-3-7-16-13/h3-8,12H,14H2,1-2H3. The fourth-order valence-corrected chi connectivity index (χ4v) is 1.69. The van der Waals surface area contributed by atoms with Crippen molar-refractivity contribution in [1.82, 2.24) is 9.97 Å². The van der Waals surface area contributed by atoms with E-state index in [0.29, 0.717) is 11.6 Å². The molecule has 1 heterocycles. The van der Waals surface area contributed by atoms with Crippen LogP contribution >= 0.6 is 0 Å². The second kappa shape index (κ2) is 5.46. The highest BCUT2D eigenvalue weighted by Gasteiger charge is 2.16. The number of aromatic nitrogens is 2. The summed E-state index contributed by atoms with van der Waals surface area (Å²) in [5.74, 6) is 1.94. The van der Waals surface area contributed by atoms with Crippen LogP contribution in [0.5, 0.6) is 11.5 Å². The molecule has 0 saturated carbocycles. The molecule has 1 atom stereocenters. The van der Waals surface area contributed by atoms with Crippen molar-refractivity contribution in [3.05, 3.63) is 48.0 Å². The van der Waals surface area contributed by atoms with Crippen molar-refractivity contribution in [3.63, 3.8) is 0 Å². The number of ether oxygens (including phenoxy) is 2. The van der Waals surface area contributed by atoms with E-state index in [-0.39, 0.29) is 0 Å². The fraction of sp³-hybridized carbons (Fsp3) is 0.231. The molecule has 1 unspecified atom stereocenters. The molecule has 2 N–H and O–H groups in total. The molecule has 94 valence electrons. The van der Waals surface area contributed by atoms with E-state index in [9.17, 15) is 0 Å². The first-order chi connectivity index (χ1) is 8.76. The maximum Gasteiger partial charge on any atom is 0.149 e. The van der Waals surface area contributed by atoms with Gasteiger partial charge >= 0.3 is 0 Å². The minimum Gasteiger partial charge on any atom is -0.497 e. The Morgan fingerprint density at radius 1 is 1.11 bits per heavy atom. The molecule has 0 radical (unpaired) electrons. The van der Waals surface area contributed by atoms with E-state index in [2.05, 4.69) is 9.97 Å². The zero-order valence-electron chi connectivity index (χ0n) is 10.3. The zero-order valence-corrected chi connectivity index (χ0v) is 10.3. The summed E-state index contributed by atoms with van der Waals surface area (Å²) in [5.41, 5.74) is 6.96. The maximum atomic E-state index is 6.14. The Morgan fingerprint density at radius 2 is 1.83 bits per heavy atom. The Morgan fingerprint density at radius 3 is 2.44 bits per heavy atom. The molecule has 0 aliphatic rings. The van der Waals surface area contributed by atoms with Crippen molar-refractivity contribution in [3.8, 4) is 11.5 Å². The Kier molecular flexibility index (Phi) is 3.74. The number of methoxy groups -OCH3 is 2. The molecule has 1 aromatic carbocycles. The maximum absolute atomic E-state index is 6.14. The van der Waals surface area contributed by atoms with Gasteiger partial charge in [-0.05, 0) is 18.2 Å². The average molecular weight is 245 g/mol. The molecule has 1 aromatic heterocycles. The Bertz CT molecular complexity index is 517. The lowest BCUT2D eigenvalue weighted by molar-refractivity contribution is 0.389. The first-order valence-electron chi connectivity index (χ1n) is 5.50. The summed E-state index contributed by atoms with van der Waals surface area (Å²) in [4.78, 5) is 8.30. The first kappa shape index (κ1) is 12.3. The third-order valence-corrected chi connectivity index (χ3v) is 2.64. The van der Waals surface area contributed by atoms with Crippen molar-refractivity contribution in [1.29, 1.82) is 0 Å². The van der Waals surface area contributed by atoms with E-state index in [4.69, 9.17) is 15.2 Å². The van der Waals surface area contributed by atoms with Gasteiger partial charge in [-0.15, -0.1) is 0 Å². The molecule has 0 fully saturated rings. The van der Waals surface area contributed by atoms with Crippen LogP contribution in [0.1, 0.15) is 17.4 Å². The summed E-state index contributed by atoms with van der Waals surface area (Å²) < 4.78 is 10.5. The van der Waals surface area contributed by atoms with Crippen molar-refractivity contribution in [2.45, 2.75) is 6.04 Å². The number of hydrogen-bond donors (Lipinski definition) is 1. The lowest BCUT2D eigenvalue weighted by atomic mass is 10.1. The second-order valence-electron chi connectivity index (χ2n) is 3.69. The van der Waals surface area contributed by atoms with Crippen molar-refractivity contribution >= 4 is 0 Å². The van der Waals surface area contributed by atoms with Crippen LogP contribution in [-0.4, -0.2) is 24.2 Å². The van der Waals surface area contributed by atoms with Crippen molar-refractivity contribution < 1.29 is 9.47 Å². The molecule has 0 bridgehead atoms. The summed E-state index contributed by atoms with van der Waals surface area (Å²) in [6.45, 7) is 0. The van der Waals surface area contributed by atoms with Crippen LogP contribution in [-0.2, 0) is 0 Å². The lowest BCUT2D eigenvalue weighted by Gasteiger charge is -2.15. The number of benzene rings is 1. The van der Waals surface area contributed by atoms with Crippen LogP contribution in [0.2, 0.25) is 0 Å². The van der Waals surface area contributed by atoms with E-state index < -0.39 is 6.04 Å². The molecule has 2 rings (SSSR count). The van der Waals surface area contributed by atoms with Gasteiger partial charge in [0.1, 0.15) is 17.3 Å². The smallest absolute Gasteiger partial charge is 0.149 e. The normalized spacial score (nSPS) is 11.9. The highest BCUT2D eigenvalue weighted by molar-refractivity contribution is 5.44. The SMILES string of the molecule is COc1ccc(C(N)c2ncccn2)c(OC)c1. The molecule has 0 spiro atoms. The van der Waals surface area contributed by atoms with Gasteiger partial charge in [0, 0.05) is 24.0 Å². The van der Waals surface area contributed by atoms with E-state index in [1.54, 1.807) is 38.7 Å². The van der Waals surface area contributed by atoms with E-state index in [0.717, 1.165) is 11.3 Å². The highest BCUT2D eigenvalue weighted by atomic mass is 16.5. The first-order valence-corrected chi connectivity index (χ1v) is 5.50. The Balaban J connectivity index is 2.38. The van der Waals surface area contributed by atoms with Gasteiger partial charge in [0.05, 0.1) is 20.3 Å². The minimum atomic E-state index is -0.424. The van der Waals surface area contributed by atoms with E-state index in [1.807, 2.05) is 12.1 Å². The molecule has 0 aliphatic heterocycles. The van der Waals surface area contributed by atoms with Crippen LogP contribution in [0.4, 0.5) is 0 Å². The Hall–Kier alpha value is -2.14. The second-order valence-corrected chi connectivity index (χ2v) is 3.69.